The van der Waals surface area contributed by atoms with Crippen molar-refractivity contribution in [1.82, 2.24) is 15.1 Å². The van der Waals surface area contributed by atoms with Gasteiger partial charge >= 0.3 is 0 Å². The van der Waals surface area contributed by atoms with Crippen LogP contribution in [0.2, 0.25) is 0 Å². The molecule has 2 atom stereocenters. The van der Waals surface area contributed by atoms with Crippen LogP contribution >= 0.6 is 0 Å². The maximum Gasteiger partial charge on any atom is 0.0234 e. The molecule has 122 valence electrons. The molecule has 1 N–H and O–H groups in total. The third kappa shape index (κ3) is 4.09. The van der Waals surface area contributed by atoms with Crippen LogP contribution in [0, 0.1) is 5.41 Å². The lowest BCUT2D eigenvalue weighted by atomic mass is 9.88. The van der Waals surface area contributed by atoms with E-state index in [9.17, 15) is 0 Å². The minimum absolute atomic E-state index is 0.475. The summed E-state index contributed by atoms with van der Waals surface area (Å²) in [5.41, 5.74) is 1.91. The second-order valence-electron chi connectivity index (χ2n) is 7.63. The van der Waals surface area contributed by atoms with Crippen molar-refractivity contribution in [3.05, 3.63) is 35.9 Å². The second-order valence-corrected chi connectivity index (χ2v) is 7.63. The van der Waals surface area contributed by atoms with Crippen LogP contribution in [0.1, 0.15) is 32.3 Å². The lowest BCUT2D eigenvalue weighted by Gasteiger charge is -2.35. The van der Waals surface area contributed by atoms with E-state index in [0.717, 1.165) is 6.54 Å². The standard InChI is InChI=1S/C19H31N3/c1-17-13-21(14-18-7-4-3-5-8-18)11-6-12-22(17)16-19(2)9-10-20-15-19/h3-5,7-8,17,20H,6,9-16H2,1-2H3. The van der Waals surface area contributed by atoms with Crippen LogP contribution in [0.5, 0.6) is 0 Å². The molecule has 0 amide bonds. The Labute approximate surface area is 135 Å². The second kappa shape index (κ2) is 7.12. The van der Waals surface area contributed by atoms with Crippen LogP contribution in [0.25, 0.3) is 0 Å². The molecule has 0 spiro atoms. The van der Waals surface area contributed by atoms with E-state index >= 15 is 0 Å². The van der Waals surface area contributed by atoms with Crippen LogP contribution in [0.4, 0.5) is 0 Å². The zero-order chi connectivity index (χ0) is 15.4. The number of benzene rings is 1. The zero-order valence-corrected chi connectivity index (χ0v) is 14.2. The Hall–Kier alpha value is -0.900. The molecular weight excluding hydrogens is 270 g/mol. The van der Waals surface area contributed by atoms with Crippen molar-refractivity contribution in [2.75, 3.05) is 39.3 Å². The van der Waals surface area contributed by atoms with Gasteiger partial charge in [0.2, 0.25) is 0 Å². The van der Waals surface area contributed by atoms with E-state index in [-0.39, 0.29) is 0 Å². The molecule has 3 rings (SSSR count). The first-order valence-electron chi connectivity index (χ1n) is 8.86. The van der Waals surface area contributed by atoms with Crippen molar-refractivity contribution < 1.29 is 0 Å². The first-order valence-corrected chi connectivity index (χ1v) is 8.86. The quantitative estimate of drug-likeness (QED) is 0.922. The minimum Gasteiger partial charge on any atom is -0.316 e. The first-order chi connectivity index (χ1) is 10.6. The van der Waals surface area contributed by atoms with Gasteiger partial charge in [-0.1, -0.05) is 37.3 Å². The van der Waals surface area contributed by atoms with Crippen molar-refractivity contribution in [1.29, 1.82) is 0 Å². The number of hydrogen-bond donors (Lipinski definition) is 1. The van der Waals surface area contributed by atoms with Crippen molar-refractivity contribution in [3.63, 3.8) is 0 Å². The fourth-order valence-corrected chi connectivity index (χ4v) is 4.01. The highest BCUT2D eigenvalue weighted by Crippen LogP contribution is 2.27. The third-order valence-corrected chi connectivity index (χ3v) is 5.36. The van der Waals surface area contributed by atoms with Gasteiger partial charge in [0.05, 0.1) is 0 Å². The predicted octanol–water partition coefficient (Wildman–Crippen LogP) is 2.58. The summed E-state index contributed by atoms with van der Waals surface area (Å²) in [5.74, 6) is 0. The molecule has 2 aliphatic heterocycles. The Morgan fingerprint density at radius 1 is 1.23 bits per heavy atom. The van der Waals surface area contributed by atoms with E-state index in [2.05, 4.69) is 59.3 Å². The summed E-state index contributed by atoms with van der Waals surface area (Å²) in [6, 6.07) is 11.6. The van der Waals surface area contributed by atoms with Gasteiger partial charge in [-0.05, 0) is 50.4 Å². The molecule has 0 radical (unpaired) electrons. The fraction of sp³-hybridized carbons (Fsp3) is 0.684. The largest absolute Gasteiger partial charge is 0.316 e. The molecule has 2 saturated heterocycles. The van der Waals surface area contributed by atoms with Crippen LogP contribution in [-0.2, 0) is 6.54 Å². The maximum absolute atomic E-state index is 3.54. The Balaban J connectivity index is 1.57. The highest BCUT2D eigenvalue weighted by molar-refractivity contribution is 5.14. The zero-order valence-electron chi connectivity index (χ0n) is 14.2. The van der Waals surface area contributed by atoms with Crippen molar-refractivity contribution in [2.45, 2.75) is 39.3 Å². The SMILES string of the molecule is CC1CN(Cc2ccccc2)CCCN1CC1(C)CCNC1. The molecule has 22 heavy (non-hydrogen) atoms. The molecule has 2 unspecified atom stereocenters. The van der Waals surface area contributed by atoms with Gasteiger partial charge < -0.3 is 5.32 Å². The Morgan fingerprint density at radius 2 is 2.05 bits per heavy atom. The lowest BCUT2D eigenvalue weighted by molar-refractivity contribution is 0.131. The molecule has 0 aliphatic carbocycles. The summed E-state index contributed by atoms with van der Waals surface area (Å²) in [4.78, 5) is 5.37. The van der Waals surface area contributed by atoms with Crippen LogP contribution in [0.15, 0.2) is 30.3 Å². The highest BCUT2D eigenvalue weighted by atomic mass is 15.2. The summed E-state index contributed by atoms with van der Waals surface area (Å²) >= 11 is 0. The number of nitrogens with zero attached hydrogens (tertiary/aromatic N) is 2. The predicted molar refractivity (Wildman–Crippen MR) is 93.0 cm³/mol. The Kier molecular flexibility index (Phi) is 5.17. The molecule has 0 saturated carbocycles. The topological polar surface area (TPSA) is 18.5 Å². The van der Waals surface area contributed by atoms with Gasteiger partial charge in [0.15, 0.2) is 0 Å². The molecule has 2 fully saturated rings. The number of hydrogen-bond acceptors (Lipinski definition) is 3. The monoisotopic (exact) mass is 301 g/mol. The minimum atomic E-state index is 0.475. The van der Waals surface area contributed by atoms with Gasteiger partial charge in [0, 0.05) is 32.2 Å². The molecule has 2 heterocycles. The van der Waals surface area contributed by atoms with Gasteiger partial charge in [-0.15, -0.1) is 0 Å². The average molecular weight is 301 g/mol. The van der Waals surface area contributed by atoms with E-state index in [4.69, 9.17) is 0 Å². The van der Waals surface area contributed by atoms with Crippen LogP contribution in [-0.4, -0.2) is 55.1 Å². The van der Waals surface area contributed by atoms with Gasteiger partial charge in [-0.2, -0.15) is 0 Å². The number of rotatable bonds is 4. The van der Waals surface area contributed by atoms with Gasteiger partial charge in [0.25, 0.3) is 0 Å². The summed E-state index contributed by atoms with van der Waals surface area (Å²) in [7, 11) is 0. The molecule has 1 aromatic carbocycles. The summed E-state index contributed by atoms with van der Waals surface area (Å²) < 4.78 is 0. The van der Waals surface area contributed by atoms with Gasteiger partial charge in [-0.25, -0.2) is 0 Å². The fourth-order valence-electron chi connectivity index (χ4n) is 4.01. The molecule has 2 aliphatic rings. The van der Waals surface area contributed by atoms with Crippen molar-refractivity contribution in [3.8, 4) is 0 Å². The molecule has 1 aromatic rings. The van der Waals surface area contributed by atoms with Crippen molar-refractivity contribution in [2.24, 2.45) is 5.41 Å². The Morgan fingerprint density at radius 3 is 2.77 bits per heavy atom. The summed E-state index contributed by atoms with van der Waals surface area (Å²) in [5, 5.41) is 3.54. The molecular formula is C19H31N3. The van der Waals surface area contributed by atoms with Gasteiger partial charge in [-0.3, -0.25) is 9.80 Å². The van der Waals surface area contributed by atoms with Crippen molar-refractivity contribution >= 4 is 0 Å². The van der Waals surface area contributed by atoms with E-state index in [1.807, 2.05) is 0 Å². The Bertz CT molecular complexity index is 453. The molecule has 3 nitrogen and oxygen atoms in total. The van der Waals surface area contributed by atoms with E-state index in [1.54, 1.807) is 0 Å². The summed E-state index contributed by atoms with van der Waals surface area (Å²) in [6.45, 7) is 13.3. The maximum atomic E-state index is 3.54. The summed E-state index contributed by atoms with van der Waals surface area (Å²) in [6.07, 6.45) is 2.62. The van der Waals surface area contributed by atoms with Gasteiger partial charge in [0.1, 0.15) is 0 Å². The van der Waals surface area contributed by atoms with Crippen LogP contribution < -0.4 is 5.32 Å². The van der Waals surface area contributed by atoms with E-state index in [1.165, 1.54) is 57.7 Å². The van der Waals surface area contributed by atoms with E-state index in [0.29, 0.717) is 11.5 Å². The smallest absolute Gasteiger partial charge is 0.0234 e. The normalized spacial score (nSPS) is 31.3. The highest BCUT2D eigenvalue weighted by Gasteiger charge is 2.33. The van der Waals surface area contributed by atoms with Crippen LogP contribution in [0.3, 0.4) is 0 Å². The first kappa shape index (κ1) is 16.0. The average Bonchev–Trinajstić information content (AvgIpc) is 2.86. The molecule has 0 bridgehead atoms. The molecule has 0 aromatic heterocycles. The van der Waals surface area contributed by atoms with E-state index < -0.39 is 0 Å². The third-order valence-electron chi connectivity index (χ3n) is 5.36. The molecule has 3 heteroatoms. The number of nitrogens with one attached hydrogen (secondary N) is 1. The lowest BCUT2D eigenvalue weighted by Crippen LogP contribution is -2.44.